The Morgan fingerprint density at radius 2 is 1.78 bits per heavy atom. The zero-order chi connectivity index (χ0) is 11.7. The van der Waals surface area contributed by atoms with Crippen molar-refractivity contribution < 1.29 is 22.3 Å². The lowest BCUT2D eigenvalue weighted by Gasteiger charge is -2.06. The number of anilines is 1. The molecule has 1 aromatic heterocycles. The van der Waals surface area contributed by atoms with E-state index in [0.717, 1.165) is 29.5 Å². The Kier molecular flexibility index (Phi) is 4.09. The van der Waals surface area contributed by atoms with Crippen molar-refractivity contribution in [3.05, 3.63) is 35.7 Å². The second kappa shape index (κ2) is 5.59. The Bertz CT molecular complexity index is 509. The Hall–Kier alpha value is -1.26. The van der Waals surface area contributed by atoms with Crippen LogP contribution in [0.2, 0.25) is 0 Å². The van der Waals surface area contributed by atoms with E-state index in [1.807, 2.05) is 35.7 Å². The fourth-order valence-electron chi connectivity index (χ4n) is 2.23. The highest BCUT2D eigenvalue weighted by Crippen LogP contribution is 2.26. The molecule has 0 bridgehead atoms. The van der Waals surface area contributed by atoms with Gasteiger partial charge in [-0.15, -0.1) is 0 Å². The van der Waals surface area contributed by atoms with Crippen LogP contribution in [0.15, 0.2) is 35.7 Å². The molecule has 5 heteroatoms. The highest BCUT2D eigenvalue weighted by Gasteiger charge is 2.28. The standard InChI is InChI=1S/C13H15N2OS.ClH/c16-15-12(11-6-2-1-3-7-11)10-17-13(15)14-8-4-5-9-14;/h1-3,6-7,10,16H,4-5,8-9H2;1H/q+1;/p-1. The number of benzene rings is 1. The molecule has 2 heterocycles. The molecule has 1 fully saturated rings. The van der Waals surface area contributed by atoms with Crippen LogP contribution in [-0.4, -0.2) is 18.3 Å². The maximum Gasteiger partial charge on any atom is 0.375 e. The first-order valence-corrected chi connectivity index (χ1v) is 6.77. The molecule has 3 rings (SSSR count). The number of nitrogens with zero attached hydrogens (tertiary/aromatic N) is 2. The fourth-order valence-corrected chi connectivity index (χ4v) is 3.21. The van der Waals surface area contributed by atoms with E-state index < -0.39 is 0 Å². The van der Waals surface area contributed by atoms with Gasteiger partial charge in [0.2, 0.25) is 0 Å². The number of rotatable bonds is 2. The highest BCUT2D eigenvalue weighted by molar-refractivity contribution is 7.13. The molecule has 1 N–H and O–H groups in total. The topological polar surface area (TPSA) is 27.4 Å². The Balaban J connectivity index is 0.00000120. The fraction of sp³-hybridized carbons (Fsp3) is 0.308. The molecule has 1 aliphatic heterocycles. The smallest absolute Gasteiger partial charge is 0.375 e. The second-order valence-corrected chi connectivity index (χ2v) is 5.11. The summed E-state index contributed by atoms with van der Waals surface area (Å²) in [5.74, 6) is 0. The molecule has 0 radical (unpaired) electrons. The van der Waals surface area contributed by atoms with Crippen LogP contribution in [0.1, 0.15) is 12.8 Å². The third-order valence-corrected chi connectivity index (χ3v) is 4.11. The van der Waals surface area contributed by atoms with Gasteiger partial charge in [-0.25, -0.2) is 4.90 Å². The molecule has 1 aliphatic rings. The van der Waals surface area contributed by atoms with E-state index in [9.17, 15) is 5.21 Å². The van der Waals surface area contributed by atoms with Gasteiger partial charge in [0.25, 0.3) is 0 Å². The van der Waals surface area contributed by atoms with E-state index in [1.165, 1.54) is 17.6 Å². The maximum absolute atomic E-state index is 10.2. The average molecular weight is 283 g/mol. The molecule has 0 aliphatic carbocycles. The summed E-state index contributed by atoms with van der Waals surface area (Å²) >= 11 is 1.61. The van der Waals surface area contributed by atoms with Crippen LogP contribution in [0, 0.1) is 0 Å². The van der Waals surface area contributed by atoms with Gasteiger partial charge >= 0.3 is 5.13 Å². The van der Waals surface area contributed by atoms with E-state index in [0.29, 0.717) is 0 Å². The monoisotopic (exact) mass is 282 g/mol. The summed E-state index contributed by atoms with van der Waals surface area (Å²) in [5, 5.41) is 13.2. The van der Waals surface area contributed by atoms with Crippen LogP contribution in [-0.2, 0) is 0 Å². The quantitative estimate of drug-likeness (QED) is 0.597. The van der Waals surface area contributed by atoms with Crippen LogP contribution >= 0.6 is 11.3 Å². The highest BCUT2D eigenvalue weighted by atomic mass is 35.5. The van der Waals surface area contributed by atoms with Crippen molar-refractivity contribution in [2.45, 2.75) is 12.8 Å². The minimum absolute atomic E-state index is 0. The van der Waals surface area contributed by atoms with E-state index in [4.69, 9.17) is 0 Å². The first-order valence-electron chi connectivity index (χ1n) is 5.89. The maximum atomic E-state index is 10.2. The molecule has 1 saturated heterocycles. The van der Waals surface area contributed by atoms with Gasteiger partial charge in [-0.3, -0.25) is 0 Å². The summed E-state index contributed by atoms with van der Waals surface area (Å²) in [6.07, 6.45) is 2.44. The first-order chi connectivity index (χ1) is 8.36. The van der Waals surface area contributed by atoms with Crippen molar-refractivity contribution in [2.75, 3.05) is 18.0 Å². The van der Waals surface area contributed by atoms with Gasteiger partial charge < -0.3 is 17.6 Å². The van der Waals surface area contributed by atoms with Crippen molar-refractivity contribution in [3.63, 3.8) is 0 Å². The molecular formula is C13H15ClN2OS. The summed E-state index contributed by atoms with van der Waals surface area (Å²) < 4.78 is 1.32. The van der Waals surface area contributed by atoms with Crippen molar-refractivity contribution in [1.82, 2.24) is 0 Å². The molecule has 3 nitrogen and oxygen atoms in total. The van der Waals surface area contributed by atoms with Gasteiger partial charge in [-0.2, -0.15) is 0 Å². The van der Waals surface area contributed by atoms with Crippen LogP contribution in [0.5, 0.6) is 0 Å². The third kappa shape index (κ3) is 2.31. The Labute approximate surface area is 117 Å². The molecule has 0 saturated carbocycles. The second-order valence-electron chi connectivity index (χ2n) is 4.28. The van der Waals surface area contributed by atoms with Crippen molar-refractivity contribution in [2.24, 2.45) is 0 Å². The third-order valence-electron chi connectivity index (χ3n) is 3.13. The van der Waals surface area contributed by atoms with Crippen LogP contribution in [0.25, 0.3) is 11.3 Å². The summed E-state index contributed by atoms with van der Waals surface area (Å²) in [7, 11) is 0. The summed E-state index contributed by atoms with van der Waals surface area (Å²) in [6, 6.07) is 10.00. The van der Waals surface area contributed by atoms with Crippen LogP contribution < -0.4 is 22.0 Å². The minimum atomic E-state index is 0. The number of hydrogen-bond donors (Lipinski definition) is 1. The number of aromatic nitrogens is 1. The molecule has 0 unspecified atom stereocenters. The van der Waals surface area contributed by atoms with Gasteiger partial charge in [0.05, 0.1) is 18.5 Å². The average Bonchev–Trinajstić information content (AvgIpc) is 2.99. The number of halogens is 1. The predicted molar refractivity (Wildman–Crippen MR) is 68.6 cm³/mol. The van der Waals surface area contributed by atoms with Gasteiger partial charge in [-0.1, -0.05) is 41.7 Å². The van der Waals surface area contributed by atoms with E-state index in [-0.39, 0.29) is 12.4 Å². The predicted octanol–water partition coefficient (Wildman–Crippen LogP) is -0.456. The van der Waals surface area contributed by atoms with Gasteiger partial charge in [0.1, 0.15) is 0 Å². The van der Waals surface area contributed by atoms with E-state index >= 15 is 0 Å². The van der Waals surface area contributed by atoms with Gasteiger partial charge in [0.15, 0.2) is 5.69 Å². The molecule has 0 amide bonds. The Morgan fingerprint density at radius 1 is 1.11 bits per heavy atom. The van der Waals surface area contributed by atoms with E-state index in [1.54, 1.807) is 11.3 Å². The lowest BCUT2D eigenvalue weighted by Crippen LogP contribution is -3.00. The Morgan fingerprint density at radius 3 is 2.44 bits per heavy atom. The normalized spacial score (nSPS) is 14.6. The number of hydrogen-bond acceptors (Lipinski definition) is 3. The van der Waals surface area contributed by atoms with Gasteiger partial charge in [0, 0.05) is 5.56 Å². The molecule has 0 atom stereocenters. The molecule has 2 aromatic rings. The SMILES string of the molecule is O[n+]1c(-c2ccccc2)csc1N1CCCC1.[Cl-]. The largest absolute Gasteiger partial charge is 1.00 e. The first kappa shape index (κ1) is 13.2. The summed E-state index contributed by atoms with van der Waals surface area (Å²) in [6.45, 7) is 2.10. The summed E-state index contributed by atoms with van der Waals surface area (Å²) in [4.78, 5) is 2.25. The lowest BCUT2D eigenvalue weighted by molar-refractivity contribution is -0.883. The molecule has 0 spiro atoms. The van der Waals surface area contributed by atoms with Crippen molar-refractivity contribution in [3.8, 4) is 11.3 Å². The molecule has 1 aromatic carbocycles. The van der Waals surface area contributed by atoms with Crippen LogP contribution in [0.4, 0.5) is 5.13 Å². The van der Waals surface area contributed by atoms with E-state index in [2.05, 4.69) is 4.90 Å². The zero-order valence-electron chi connectivity index (χ0n) is 9.92. The molecule has 96 valence electrons. The van der Waals surface area contributed by atoms with Crippen molar-refractivity contribution >= 4 is 16.5 Å². The van der Waals surface area contributed by atoms with Crippen LogP contribution in [0.3, 0.4) is 0 Å². The molecular weight excluding hydrogens is 268 g/mol. The zero-order valence-corrected chi connectivity index (χ0v) is 11.5. The molecule has 18 heavy (non-hydrogen) atoms. The number of thiazole rings is 1. The summed E-state index contributed by atoms with van der Waals surface area (Å²) in [5.41, 5.74) is 1.93. The lowest BCUT2D eigenvalue weighted by atomic mass is 10.2. The van der Waals surface area contributed by atoms with Crippen molar-refractivity contribution in [1.29, 1.82) is 0 Å². The van der Waals surface area contributed by atoms with Gasteiger partial charge in [-0.05, 0) is 17.6 Å². The minimum Gasteiger partial charge on any atom is -1.00 e.